The van der Waals surface area contributed by atoms with Crippen LogP contribution >= 0.6 is 0 Å². The van der Waals surface area contributed by atoms with E-state index in [1.54, 1.807) is 12.1 Å². The van der Waals surface area contributed by atoms with Crippen molar-refractivity contribution in [2.45, 2.75) is 56.5 Å². The minimum atomic E-state index is -0.188. The molecule has 2 unspecified atom stereocenters. The van der Waals surface area contributed by atoms with Crippen molar-refractivity contribution >= 4 is 11.0 Å². The monoisotopic (exact) mass is 273 g/mol. The fraction of sp³-hybridized carbons (Fsp3) is 0.562. The van der Waals surface area contributed by atoms with Gasteiger partial charge in [-0.25, -0.2) is 9.37 Å². The van der Waals surface area contributed by atoms with E-state index in [9.17, 15) is 4.39 Å². The van der Waals surface area contributed by atoms with Gasteiger partial charge >= 0.3 is 0 Å². The molecule has 0 amide bonds. The summed E-state index contributed by atoms with van der Waals surface area (Å²) in [6.45, 7) is 2.22. The predicted molar refractivity (Wildman–Crippen MR) is 77.1 cm³/mol. The maximum absolute atomic E-state index is 13.6. The van der Waals surface area contributed by atoms with E-state index in [0.717, 1.165) is 36.1 Å². The number of hydrogen-bond acceptors (Lipinski definition) is 2. The van der Waals surface area contributed by atoms with Crippen LogP contribution in [0, 0.1) is 5.82 Å². The van der Waals surface area contributed by atoms with Crippen molar-refractivity contribution in [1.29, 1.82) is 0 Å². The summed E-state index contributed by atoms with van der Waals surface area (Å²) in [6, 6.07) is 5.54. The third kappa shape index (κ3) is 1.64. The molecule has 2 aliphatic rings. The lowest BCUT2D eigenvalue weighted by atomic mass is 9.84. The standard InChI is InChI=1S/C16H20FN3/c1-16(8-2-3-14(16)18)15-19-12-7-4-10(17)9-13(12)20(15)11-5-6-11/h4,7,9,11,14H,2-3,5-6,8,18H2,1H3. The Morgan fingerprint density at radius 2 is 2.15 bits per heavy atom. The van der Waals surface area contributed by atoms with E-state index in [1.807, 2.05) is 0 Å². The summed E-state index contributed by atoms with van der Waals surface area (Å²) in [6.07, 6.45) is 5.62. The quantitative estimate of drug-likeness (QED) is 0.912. The fourth-order valence-electron chi connectivity index (χ4n) is 3.64. The predicted octanol–water partition coefficient (Wildman–Crippen LogP) is 3.28. The van der Waals surface area contributed by atoms with E-state index in [1.165, 1.54) is 18.9 Å². The van der Waals surface area contributed by atoms with Crippen molar-refractivity contribution in [2.75, 3.05) is 0 Å². The molecule has 3 nitrogen and oxygen atoms in total. The first-order valence-corrected chi connectivity index (χ1v) is 7.53. The molecule has 2 saturated carbocycles. The molecule has 0 radical (unpaired) electrons. The lowest BCUT2D eigenvalue weighted by Gasteiger charge is -2.29. The first kappa shape index (κ1) is 12.3. The molecule has 0 bridgehead atoms. The van der Waals surface area contributed by atoms with Crippen LogP contribution in [-0.4, -0.2) is 15.6 Å². The smallest absolute Gasteiger partial charge is 0.125 e. The number of nitrogens with zero attached hydrogens (tertiary/aromatic N) is 2. The molecule has 4 rings (SSSR count). The summed E-state index contributed by atoms with van der Waals surface area (Å²) in [5.41, 5.74) is 8.12. The highest BCUT2D eigenvalue weighted by Gasteiger charge is 2.44. The zero-order chi connectivity index (χ0) is 13.9. The molecule has 0 spiro atoms. The molecule has 0 saturated heterocycles. The van der Waals surface area contributed by atoms with Gasteiger partial charge in [0.1, 0.15) is 11.6 Å². The molecule has 2 N–H and O–H groups in total. The van der Waals surface area contributed by atoms with Gasteiger partial charge in [0.05, 0.1) is 11.0 Å². The van der Waals surface area contributed by atoms with Crippen LogP contribution in [0.4, 0.5) is 4.39 Å². The van der Waals surface area contributed by atoms with E-state index in [-0.39, 0.29) is 17.3 Å². The van der Waals surface area contributed by atoms with Gasteiger partial charge in [0.2, 0.25) is 0 Å². The highest BCUT2D eigenvalue weighted by atomic mass is 19.1. The molecule has 2 aliphatic carbocycles. The van der Waals surface area contributed by atoms with Crippen LogP contribution < -0.4 is 5.73 Å². The lowest BCUT2D eigenvalue weighted by molar-refractivity contribution is 0.388. The van der Waals surface area contributed by atoms with Gasteiger partial charge in [0.15, 0.2) is 0 Å². The molecule has 106 valence electrons. The summed E-state index contributed by atoms with van der Waals surface area (Å²) in [5.74, 6) is 0.886. The Morgan fingerprint density at radius 3 is 2.80 bits per heavy atom. The summed E-state index contributed by atoms with van der Waals surface area (Å²) in [7, 11) is 0. The molecular weight excluding hydrogens is 253 g/mol. The SMILES string of the molecule is CC1(c2nc3ccc(F)cc3n2C2CC2)CCCC1N. The van der Waals surface area contributed by atoms with E-state index in [2.05, 4.69) is 11.5 Å². The highest BCUT2D eigenvalue weighted by Crippen LogP contribution is 2.46. The largest absolute Gasteiger partial charge is 0.327 e. The average molecular weight is 273 g/mol. The van der Waals surface area contributed by atoms with Crippen LogP contribution in [0.15, 0.2) is 18.2 Å². The van der Waals surface area contributed by atoms with Gasteiger partial charge in [0.25, 0.3) is 0 Å². The molecule has 1 heterocycles. The molecule has 2 atom stereocenters. The van der Waals surface area contributed by atoms with Crippen LogP contribution in [-0.2, 0) is 5.41 Å². The average Bonchev–Trinajstić information content (AvgIpc) is 3.10. The maximum atomic E-state index is 13.6. The molecular formula is C16H20FN3. The van der Waals surface area contributed by atoms with Crippen LogP contribution in [0.1, 0.15) is 50.9 Å². The van der Waals surface area contributed by atoms with Crippen molar-refractivity contribution < 1.29 is 4.39 Å². The van der Waals surface area contributed by atoms with Gasteiger partial charge in [-0.15, -0.1) is 0 Å². The van der Waals surface area contributed by atoms with Gasteiger partial charge in [-0.2, -0.15) is 0 Å². The number of halogens is 1. The highest BCUT2D eigenvalue weighted by molar-refractivity contribution is 5.77. The third-order valence-electron chi connectivity index (χ3n) is 5.10. The fourth-order valence-corrected chi connectivity index (χ4v) is 3.64. The summed E-state index contributed by atoms with van der Waals surface area (Å²) in [5, 5.41) is 0. The van der Waals surface area contributed by atoms with Crippen molar-refractivity contribution in [3.63, 3.8) is 0 Å². The Kier molecular flexibility index (Phi) is 2.49. The van der Waals surface area contributed by atoms with Crippen molar-refractivity contribution in [1.82, 2.24) is 9.55 Å². The van der Waals surface area contributed by atoms with E-state index in [0.29, 0.717) is 6.04 Å². The molecule has 20 heavy (non-hydrogen) atoms. The van der Waals surface area contributed by atoms with Gasteiger partial charge in [-0.1, -0.05) is 13.3 Å². The van der Waals surface area contributed by atoms with E-state index < -0.39 is 0 Å². The first-order chi connectivity index (χ1) is 9.59. The Morgan fingerprint density at radius 1 is 1.35 bits per heavy atom. The Bertz CT molecular complexity index is 674. The molecule has 1 aromatic carbocycles. The number of fused-ring (bicyclic) bond motifs is 1. The zero-order valence-corrected chi connectivity index (χ0v) is 11.8. The second-order valence-electron chi connectivity index (χ2n) is 6.59. The topological polar surface area (TPSA) is 43.8 Å². The van der Waals surface area contributed by atoms with Crippen LogP contribution in [0.2, 0.25) is 0 Å². The molecule has 1 aromatic heterocycles. The van der Waals surface area contributed by atoms with Crippen molar-refractivity contribution in [3.05, 3.63) is 29.8 Å². The molecule has 0 aliphatic heterocycles. The normalized spacial score (nSPS) is 30.2. The Labute approximate surface area is 118 Å². The number of aromatic nitrogens is 2. The van der Waals surface area contributed by atoms with Crippen molar-refractivity contribution in [2.24, 2.45) is 5.73 Å². The van der Waals surface area contributed by atoms with E-state index >= 15 is 0 Å². The third-order valence-corrected chi connectivity index (χ3v) is 5.10. The van der Waals surface area contributed by atoms with Crippen LogP contribution in [0.3, 0.4) is 0 Å². The van der Waals surface area contributed by atoms with Crippen molar-refractivity contribution in [3.8, 4) is 0 Å². The number of benzene rings is 1. The summed E-state index contributed by atoms with van der Waals surface area (Å²) < 4.78 is 15.9. The first-order valence-electron chi connectivity index (χ1n) is 7.53. The summed E-state index contributed by atoms with van der Waals surface area (Å²) in [4.78, 5) is 4.84. The Balaban J connectivity index is 1.97. The molecule has 2 aromatic rings. The molecule has 4 heteroatoms. The van der Waals surface area contributed by atoms with Gasteiger partial charge in [0, 0.05) is 17.5 Å². The Hall–Kier alpha value is -1.42. The van der Waals surface area contributed by atoms with Gasteiger partial charge in [-0.3, -0.25) is 0 Å². The van der Waals surface area contributed by atoms with E-state index in [4.69, 9.17) is 10.7 Å². The number of rotatable bonds is 2. The van der Waals surface area contributed by atoms with Crippen LogP contribution in [0.25, 0.3) is 11.0 Å². The summed E-state index contributed by atoms with van der Waals surface area (Å²) >= 11 is 0. The second kappa shape index (κ2) is 4.04. The number of hydrogen-bond donors (Lipinski definition) is 1. The lowest BCUT2D eigenvalue weighted by Crippen LogP contribution is -2.40. The van der Waals surface area contributed by atoms with Crippen LogP contribution in [0.5, 0.6) is 0 Å². The minimum absolute atomic E-state index is 0.0713. The molecule has 2 fully saturated rings. The van der Waals surface area contributed by atoms with Gasteiger partial charge in [-0.05, 0) is 43.9 Å². The zero-order valence-electron chi connectivity index (χ0n) is 11.8. The minimum Gasteiger partial charge on any atom is -0.327 e. The maximum Gasteiger partial charge on any atom is 0.125 e. The second-order valence-corrected chi connectivity index (χ2v) is 6.59. The number of nitrogens with two attached hydrogens (primary N) is 1. The van der Waals surface area contributed by atoms with Gasteiger partial charge < -0.3 is 10.3 Å². The number of imidazole rings is 1.